The molecule has 2 aromatic carbocycles. The van der Waals surface area contributed by atoms with E-state index in [1.165, 1.54) is 15.7 Å². The highest BCUT2D eigenvalue weighted by atomic mass is 16.1. The van der Waals surface area contributed by atoms with E-state index in [4.69, 9.17) is 0 Å². The molecule has 0 fully saturated rings. The van der Waals surface area contributed by atoms with E-state index in [1.807, 2.05) is 18.2 Å². The second-order valence-electron chi connectivity index (χ2n) is 6.05. The summed E-state index contributed by atoms with van der Waals surface area (Å²) in [5.74, 6) is 0. The molecule has 0 aliphatic carbocycles. The van der Waals surface area contributed by atoms with Crippen molar-refractivity contribution in [3.05, 3.63) is 65.0 Å². The summed E-state index contributed by atoms with van der Waals surface area (Å²) < 4.78 is 1.59. The van der Waals surface area contributed by atoms with Crippen molar-refractivity contribution >= 4 is 10.8 Å². The van der Waals surface area contributed by atoms with E-state index in [1.54, 1.807) is 10.7 Å². The Morgan fingerprint density at radius 3 is 2.46 bits per heavy atom. The Labute approximate surface area is 142 Å². The number of nitrogens with zero attached hydrogens (tertiary/aromatic N) is 2. The van der Waals surface area contributed by atoms with E-state index < -0.39 is 0 Å². The number of likely N-dealkylation sites (N-methyl/N-ethyl adjacent to an activating group) is 1. The highest BCUT2D eigenvalue weighted by Crippen LogP contribution is 2.22. The van der Waals surface area contributed by atoms with E-state index in [2.05, 4.69) is 49.3 Å². The van der Waals surface area contributed by atoms with E-state index in [9.17, 15) is 4.79 Å². The van der Waals surface area contributed by atoms with Gasteiger partial charge >= 0.3 is 0 Å². The Balaban J connectivity index is 1.90. The van der Waals surface area contributed by atoms with Crippen LogP contribution in [-0.4, -0.2) is 29.4 Å². The maximum Gasteiger partial charge on any atom is 0.266 e. The number of quaternary nitrogens is 1. The molecule has 4 heteroatoms. The molecule has 0 spiro atoms. The van der Waals surface area contributed by atoms with Gasteiger partial charge in [-0.3, -0.25) is 4.79 Å². The lowest BCUT2D eigenvalue weighted by Gasteiger charge is -2.15. The molecule has 0 amide bonds. The highest BCUT2D eigenvalue weighted by Gasteiger charge is 2.07. The molecule has 0 radical (unpaired) electrons. The first-order valence-corrected chi connectivity index (χ1v) is 8.62. The lowest BCUT2D eigenvalue weighted by molar-refractivity contribution is -0.897. The van der Waals surface area contributed by atoms with Crippen LogP contribution in [0.4, 0.5) is 0 Å². The SMILES string of the molecule is CC[NH+](CC)CCn1nc(-c2ccc3ccccc3c2)ccc1=O. The first-order chi connectivity index (χ1) is 11.7. The van der Waals surface area contributed by atoms with Crippen LogP contribution in [0.5, 0.6) is 0 Å². The summed E-state index contributed by atoms with van der Waals surface area (Å²) in [6.45, 7) is 8.03. The smallest absolute Gasteiger partial charge is 0.266 e. The first-order valence-electron chi connectivity index (χ1n) is 8.62. The molecule has 4 nitrogen and oxygen atoms in total. The molecular weight excluding hydrogens is 298 g/mol. The summed E-state index contributed by atoms with van der Waals surface area (Å²) in [6, 6.07) is 18.0. The fraction of sp³-hybridized carbons (Fsp3) is 0.300. The molecular formula is C20H24N3O+. The molecule has 1 N–H and O–H groups in total. The topological polar surface area (TPSA) is 39.3 Å². The number of rotatable bonds is 6. The summed E-state index contributed by atoms with van der Waals surface area (Å²) in [6.07, 6.45) is 0. The van der Waals surface area contributed by atoms with Gasteiger partial charge in [0.2, 0.25) is 0 Å². The molecule has 0 atom stereocenters. The molecule has 0 saturated heterocycles. The molecule has 3 rings (SSSR count). The van der Waals surface area contributed by atoms with Gasteiger partial charge in [0.25, 0.3) is 5.56 Å². The van der Waals surface area contributed by atoms with Crippen LogP contribution < -0.4 is 10.5 Å². The minimum Gasteiger partial charge on any atom is -0.334 e. The number of aromatic nitrogens is 2. The maximum atomic E-state index is 12.1. The van der Waals surface area contributed by atoms with Crippen LogP contribution in [0, 0.1) is 0 Å². The summed E-state index contributed by atoms with van der Waals surface area (Å²) in [5, 5.41) is 6.97. The normalized spacial score (nSPS) is 11.3. The standard InChI is InChI=1S/C20H23N3O/c1-3-22(4-2)13-14-23-20(24)12-11-19(21-23)18-10-9-16-7-5-6-8-17(16)15-18/h5-12,15H,3-4,13-14H2,1-2H3/p+1. The molecule has 1 heterocycles. The molecule has 0 bridgehead atoms. The van der Waals surface area contributed by atoms with Gasteiger partial charge < -0.3 is 4.90 Å². The molecule has 0 aliphatic heterocycles. The molecule has 124 valence electrons. The fourth-order valence-corrected chi connectivity index (χ4v) is 2.98. The van der Waals surface area contributed by atoms with Crippen molar-refractivity contribution in [3.8, 4) is 11.3 Å². The van der Waals surface area contributed by atoms with Gasteiger partial charge in [0.15, 0.2) is 0 Å². The highest BCUT2D eigenvalue weighted by molar-refractivity contribution is 5.86. The third-order valence-corrected chi connectivity index (χ3v) is 4.59. The molecule has 3 aromatic rings. The summed E-state index contributed by atoms with van der Waals surface area (Å²) in [7, 11) is 0. The van der Waals surface area contributed by atoms with Crippen molar-refractivity contribution in [1.29, 1.82) is 0 Å². The Morgan fingerprint density at radius 1 is 0.958 bits per heavy atom. The predicted molar refractivity (Wildman–Crippen MR) is 98.4 cm³/mol. The second-order valence-corrected chi connectivity index (χ2v) is 6.05. The lowest BCUT2D eigenvalue weighted by atomic mass is 10.1. The van der Waals surface area contributed by atoms with Crippen molar-refractivity contribution in [2.45, 2.75) is 20.4 Å². The Bertz CT molecular complexity index is 881. The van der Waals surface area contributed by atoms with Crippen molar-refractivity contribution in [2.24, 2.45) is 0 Å². The zero-order valence-electron chi connectivity index (χ0n) is 14.3. The molecule has 0 saturated carbocycles. The minimum absolute atomic E-state index is 0.0360. The number of hydrogen-bond donors (Lipinski definition) is 1. The van der Waals surface area contributed by atoms with Crippen molar-refractivity contribution in [3.63, 3.8) is 0 Å². The van der Waals surface area contributed by atoms with Gasteiger partial charge in [0.1, 0.15) is 0 Å². The van der Waals surface area contributed by atoms with Crippen LogP contribution in [0.3, 0.4) is 0 Å². The maximum absolute atomic E-state index is 12.1. The van der Waals surface area contributed by atoms with Crippen molar-refractivity contribution in [1.82, 2.24) is 9.78 Å². The van der Waals surface area contributed by atoms with E-state index in [-0.39, 0.29) is 5.56 Å². The zero-order chi connectivity index (χ0) is 16.9. The lowest BCUT2D eigenvalue weighted by Crippen LogP contribution is -3.11. The molecule has 0 unspecified atom stereocenters. The third-order valence-electron chi connectivity index (χ3n) is 4.59. The second kappa shape index (κ2) is 7.41. The zero-order valence-corrected chi connectivity index (χ0v) is 14.3. The predicted octanol–water partition coefficient (Wildman–Crippen LogP) is 1.99. The number of nitrogens with one attached hydrogen (secondary N) is 1. The van der Waals surface area contributed by atoms with Gasteiger partial charge in [-0.05, 0) is 36.8 Å². The Hall–Kier alpha value is -2.46. The van der Waals surface area contributed by atoms with Gasteiger partial charge in [0.05, 0.1) is 31.9 Å². The third kappa shape index (κ3) is 3.54. The monoisotopic (exact) mass is 322 g/mol. The average Bonchev–Trinajstić information content (AvgIpc) is 2.63. The summed E-state index contributed by atoms with van der Waals surface area (Å²) in [4.78, 5) is 13.6. The van der Waals surface area contributed by atoms with Crippen LogP contribution in [0.1, 0.15) is 13.8 Å². The summed E-state index contributed by atoms with van der Waals surface area (Å²) in [5.41, 5.74) is 1.85. The summed E-state index contributed by atoms with van der Waals surface area (Å²) >= 11 is 0. The van der Waals surface area contributed by atoms with Crippen LogP contribution >= 0.6 is 0 Å². The number of benzene rings is 2. The Morgan fingerprint density at radius 2 is 1.71 bits per heavy atom. The van der Waals surface area contributed by atoms with Crippen LogP contribution in [0.2, 0.25) is 0 Å². The largest absolute Gasteiger partial charge is 0.334 e. The van der Waals surface area contributed by atoms with E-state index in [0.717, 1.165) is 30.9 Å². The molecule has 0 aliphatic rings. The Kier molecular flexibility index (Phi) is 5.06. The fourth-order valence-electron chi connectivity index (χ4n) is 2.98. The van der Waals surface area contributed by atoms with Crippen molar-refractivity contribution in [2.75, 3.05) is 19.6 Å². The van der Waals surface area contributed by atoms with Gasteiger partial charge in [-0.25, -0.2) is 4.68 Å². The number of fused-ring (bicyclic) bond motifs is 1. The first kappa shape index (κ1) is 16.4. The van der Waals surface area contributed by atoms with E-state index >= 15 is 0 Å². The molecule has 24 heavy (non-hydrogen) atoms. The number of hydrogen-bond acceptors (Lipinski definition) is 2. The quantitative estimate of drug-likeness (QED) is 0.754. The average molecular weight is 322 g/mol. The van der Waals surface area contributed by atoms with Gasteiger partial charge in [-0.2, -0.15) is 5.10 Å². The van der Waals surface area contributed by atoms with Gasteiger partial charge in [-0.1, -0.05) is 36.4 Å². The van der Waals surface area contributed by atoms with Gasteiger partial charge in [-0.15, -0.1) is 0 Å². The molecule has 1 aromatic heterocycles. The van der Waals surface area contributed by atoms with Gasteiger partial charge in [0, 0.05) is 11.6 Å². The van der Waals surface area contributed by atoms with E-state index in [0.29, 0.717) is 6.54 Å². The van der Waals surface area contributed by atoms with Crippen LogP contribution in [-0.2, 0) is 6.54 Å². The van der Waals surface area contributed by atoms with Crippen LogP contribution in [0.15, 0.2) is 59.4 Å². The minimum atomic E-state index is -0.0360. The van der Waals surface area contributed by atoms with Crippen molar-refractivity contribution < 1.29 is 4.90 Å². The van der Waals surface area contributed by atoms with Crippen LogP contribution in [0.25, 0.3) is 22.0 Å².